The van der Waals surface area contributed by atoms with Gasteiger partial charge in [-0.1, -0.05) is 12.8 Å². The van der Waals surface area contributed by atoms with E-state index in [2.05, 4.69) is 17.3 Å². The van der Waals surface area contributed by atoms with Crippen molar-refractivity contribution in [3.63, 3.8) is 0 Å². The Labute approximate surface area is 92.0 Å². The lowest BCUT2D eigenvalue weighted by molar-refractivity contribution is -0.143. The van der Waals surface area contributed by atoms with Crippen LogP contribution in [0.2, 0.25) is 0 Å². The molecule has 0 aromatic carbocycles. The minimum absolute atomic E-state index is 0.178. The van der Waals surface area contributed by atoms with Crippen molar-refractivity contribution >= 4 is 5.97 Å². The Morgan fingerprint density at radius 1 is 1.53 bits per heavy atom. The smallest absolute Gasteiger partial charge is 0.324 e. The third-order valence-corrected chi connectivity index (χ3v) is 3.25. The molecule has 0 aromatic heterocycles. The first-order chi connectivity index (χ1) is 7.19. The molecule has 1 rings (SSSR count). The summed E-state index contributed by atoms with van der Waals surface area (Å²) in [5, 5.41) is 2.99. The highest BCUT2D eigenvalue weighted by atomic mass is 16.5. The highest BCUT2D eigenvalue weighted by Gasteiger charge is 2.24. The molecular formula is C11H22N2O2. The largest absolute Gasteiger partial charge is 0.468 e. The molecule has 1 atom stereocenters. The van der Waals surface area contributed by atoms with Gasteiger partial charge >= 0.3 is 5.97 Å². The first-order valence-corrected chi connectivity index (χ1v) is 5.64. The number of rotatable bonds is 5. The van der Waals surface area contributed by atoms with Crippen molar-refractivity contribution in [2.45, 2.75) is 37.8 Å². The maximum Gasteiger partial charge on any atom is 0.324 e. The maximum atomic E-state index is 11.4. The second-order valence-corrected chi connectivity index (χ2v) is 4.24. The van der Waals surface area contributed by atoms with E-state index < -0.39 is 0 Å². The van der Waals surface area contributed by atoms with Crippen molar-refractivity contribution < 1.29 is 9.53 Å². The highest BCUT2D eigenvalue weighted by Crippen LogP contribution is 2.22. The Bertz CT molecular complexity index is 203. The van der Waals surface area contributed by atoms with E-state index in [0.29, 0.717) is 6.04 Å². The first-order valence-electron chi connectivity index (χ1n) is 5.64. The van der Waals surface area contributed by atoms with Crippen LogP contribution in [0.4, 0.5) is 0 Å². The zero-order chi connectivity index (χ0) is 11.3. The fraction of sp³-hybridized carbons (Fsp3) is 0.909. The van der Waals surface area contributed by atoms with Gasteiger partial charge in [-0.25, -0.2) is 0 Å². The molecule has 1 aliphatic rings. The third kappa shape index (κ3) is 3.47. The number of hydrogen-bond donors (Lipinski definition) is 1. The van der Waals surface area contributed by atoms with Crippen LogP contribution in [0.5, 0.6) is 0 Å². The topological polar surface area (TPSA) is 41.6 Å². The van der Waals surface area contributed by atoms with Crippen molar-refractivity contribution in [1.82, 2.24) is 10.2 Å². The number of ether oxygens (including phenoxy) is 1. The van der Waals surface area contributed by atoms with E-state index >= 15 is 0 Å². The summed E-state index contributed by atoms with van der Waals surface area (Å²) >= 11 is 0. The molecule has 0 amide bonds. The van der Waals surface area contributed by atoms with Crippen LogP contribution in [0.1, 0.15) is 25.7 Å². The van der Waals surface area contributed by atoms with Gasteiger partial charge in [-0.3, -0.25) is 4.79 Å². The summed E-state index contributed by atoms with van der Waals surface area (Å²) in [5.41, 5.74) is 0. The lowest BCUT2D eigenvalue weighted by Gasteiger charge is -2.27. The monoisotopic (exact) mass is 214 g/mol. The number of hydrogen-bond acceptors (Lipinski definition) is 4. The Balaban J connectivity index is 2.39. The summed E-state index contributed by atoms with van der Waals surface area (Å²) in [7, 11) is 5.32. The molecule has 88 valence electrons. The van der Waals surface area contributed by atoms with Crippen molar-refractivity contribution in [3.05, 3.63) is 0 Å². The van der Waals surface area contributed by atoms with E-state index in [1.807, 2.05) is 0 Å². The fourth-order valence-electron chi connectivity index (χ4n) is 2.21. The van der Waals surface area contributed by atoms with Gasteiger partial charge in [-0.2, -0.15) is 0 Å². The van der Waals surface area contributed by atoms with Gasteiger partial charge in [-0.15, -0.1) is 0 Å². The van der Waals surface area contributed by atoms with Gasteiger partial charge in [0.05, 0.1) is 7.11 Å². The van der Waals surface area contributed by atoms with Crippen LogP contribution in [0.15, 0.2) is 0 Å². The number of esters is 1. The molecule has 0 heterocycles. The van der Waals surface area contributed by atoms with Gasteiger partial charge < -0.3 is 15.0 Å². The number of nitrogens with one attached hydrogen (secondary N) is 1. The molecule has 1 unspecified atom stereocenters. The third-order valence-electron chi connectivity index (χ3n) is 3.25. The van der Waals surface area contributed by atoms with Crippen LogP contribution in [0.3, 0.4) is 0 Å². The average Bonchev–Trinajstić information content (AvgIpc) is 2.77. The van der Waals surface area contributed by atoms with E-state index in [0.717, 1.165) is 6.54 Å². The van der Waals surface area contributed by atoms with Crippen molar-refractivity contribution in [2.75, 3.05) is 27.7 Å². The van der Waals surface area contributed by atoms with Crippen LogP contribution in [0, 0.1) is 0 Å². The second kappa shape index (κ2) is 6.08. The molecular weight excluding hydrogens is 192 g/mol. The van der Waals surface area contributed by atoms with Gasteiger partial charge in [0.25, 0.3) is 0 Å². The number of carbonyl (C=O) groups excluding carboxylic acids is 1. The zero-order valence-electron chi connectivity index (χ0n) is 9.95. The van der Waals surface area contributed by atoms with E-state index in [4.69, 9.17) is 4.74 Å². The minimum Gasteiger partial charge on any atom is -0.468 e. The molecule has 0 bridgehead atoms. The van der Waals surface area contributed by atoms with Gasteiger partial charge in [0.1, 0.15) is 6.04 Å². The molecule has 15 heavy (non-hydrogen) atoms. The summed E-state index contributed by atoms with van der Waals surface area (Å²) < 4.78 is 4.74. The fourth-order valence-corrected chi connectivity index (χ4v) is 2.21. The molecule has 4 nitrogen and oxygen atoms in total. The molecule has 0 saturated heterocycles. The highest BCUT2D eigenvalue weighted by molar-refractivity contribution is 5.75. The summed E-state index contributed by atoms with van der Waals surface area (Å²) in [6.45, 7) is 0.730. The Morgan fingerprint density at radius 3 is 2.60 bits per heavy atom. The van der Waals surface area contributed by atoms with Crippen molar-refractivity contribution in [2.24, 2.45) is 0 Å². The van der Waals surface area contributed by atoms with Crippen LogP contribution in [-0.2, 0) is 9.53 Å². The summed E-state index contributed by atoms with van der Waals surface area (Å²) in [6.07, 6.45) is 5.15. The van der Waals surface area contributed by atoms with E-state index in [1.54, 1.807) is 7.05 Å². The molecule has 1 N–H and O–H groups in total. The van der Waals surface area contributed by atoms with Crippen LogP contribution in [-0.4, -0.2) is 50.7 Å². The van der Waals surface area contributed by atoms with Gasteiger partial charge in [0.2, 0.25) is 0 Å². The lowest BCUT2D eigenvalue weighted by atomic mass is 10.2. The van der Waals surface area contributed by atoms with Gasteiger partial charge in [0, 0.05) is 12.6 Å². The molecule has 0 spiro atoms. The van der Waals surface area contributed by atoms with E-state index in [9.17, 15) is 4.79 Å². The minimum atomic E-state index is -0.208. The Kier molecular flexibility index (Phi) is 5.05. The predicted octanol–water partition coefficient (Wildman–Crippen LogP) is 0.622. The van der Waals surface area contributed by atoms with Crippen molar-refractivity contribution in [1.29, 1.82) is 0 Å². The standard InChI is InChI=1S/C11H22N2O2/c1-12-10(11(14)15-3)8-13(2)9-6-4-5-7-9/h9-10,12H,4-8H2,1-3H3. The number of nitrogens with zero attached hydrogens (tertiary/aromatic N) is 1. The van der Waals surface area contributed by atoms with Gasteiger partial charge in [-0.05, 0) is 26.9 Å². The number of carbonyl (C=O) groups is 1. The quantitative estimate of drug-likeness (QED) is 0.681. The lowest BCUT2D eigenvalue weighted by Crippen LogP contribution is -2.46. The maximum absolute atomic E-state index is 11.4. The molecule has 1 aliphatic carbocycles. The number of likely N-dealkylation sites (N-methyl/N-ethyl adjacent to an activating group) is 2. The normalized spacial score (nSPS) is 19.5. The van der Waals surface area contributed by atoms with Crippen LogP contribution in [0.25, 0.3) is 0 Å². The Morgan fingerprint density at radius 2 is 2.13 bits per heavy atom. The van der Waals surface area contributed by atoms with Crippen LogP contribution >= 0.6 is 0 Å². The summed E-state index contributed by atoms with van der Waals surface area (Å²) in [4.78, 5) is 13.7. The van der Waals surface area contributed by atoms with E-state index in [1.165, 1.54) is 32.8 Å². The zero-order valence-corrected chi connectivity index (χ0v) is 9.95. The molecule has 0 aliphatic heterocycles. The average molecular weight is 214 g/mol. The first kappa shape index (κ1) is 12.5. The number of methoxy groups -OCH3 is 1. The SMILES string of the molecule is CNC(CN(C)C1CCCC1)C(=O)OC. The molecule has 0 radical (unpaired) electrons. The second-order valence-electron chi connectivity index (χ2n) is 4.24. The molecule has 0 aromatic rings. The van der Waals surface area contributed by atoms with E-state index in [-0.39, 0.29) is 12.0 Å². The summed E-state index contributed by atoms with van der Waals surface area (Å²) in [6, 6.07) is 0.436. The predicted molar refractivity (Wildman–Crippen MR) is 59.7 cm³/mol. The molecule has 1 fully saturated rings. The Hall–Kier alpha value is -0.610. The van der Waals surface area contributed by atoms with Gasteiger partial charge in [0.15, 0.2) is 0 Å². The van der Waals surface area contributed by atoms with Crippen LogP contribution < -0.4 is 5.32 Å². The summed E-state index contributed by atoms with van der Waals surface area (Å²) in [5.74, 6) is -0.178. The molecule has 1 saturated carbocycles. The van der Waals surface area contributed by atoms with Crippen molar-refractivity contribution in [3.8, 4) is 0 Å². The molecule has 4 heteroatoms.